The van der Waals surface area contributed by atoms with E-state index in [0.717, 1.165) is 12.8 Å². The number of aliphatic carboxylic acids is 1. The number of aryl methyl sites for hydroxylation is 1. The highest BCUT2D eigenvalue weighted by Crippen LogP contribution is 2.37. The molecule has 0 aromatic carbocycles. The number of aromatic nitrogens is 2. The largest absolute Gasteiger partial charge is 0.481 e. The molecule has 1 aromatic heterocycles. The minimum atomic E-state index is -0.904. The minimum absolute atomic E-state index is 0.000959. The van der Waals surface area contributed by atoms with Crippen molar-refractivity contribution in [3.8, 4) is 0 Å². The first kappa shape index (κ1) is 15.2. The maximum absolute atomic E-state index is 12.2. The van der Waals surface area contributed by atoms with Gasteiger partial charge in [0.1, 0.15) is 5.56 Å². The van der Waals surface area contributed by atoms with E-state index in [9.17, 15) is 19.5 Å². The van der Waals surface area contributed by atoms with Gasteiger partial charge in [-0.2, -0.15) is 5.10 Å². The Balaban J connectivity index is 2.18. The van der Waals surface area contributed by atoms with Crippen molar-refractivity contribution in [2.45, 2.75) is 39.5 Å². The third-order valence-electron chi connectivity index (χ3n) is 4.30. The van der Waals surface area contributed by atoms with Crippen molar-refractivity contribution in [3.63, 3.8) is 0 Å². The van der Waals surface area contributed by atoms with E-state index < -0.39 is 22.9 Å². The second-order valence-electron chi connectivity index (χ2n) is 5.61. The molecule has 0 bridgehead atoms. The Labute approximate surface area is 121 Å². The quantitative estimate of drug-likeness (QED) is 0.758. The molecule has 2 rings (SSSR count). The van der Waals surface area contributed by atoms with E-state index in [4.69, 9.17) is 0 Å². The highest BCUT2D eigenvalue weighted by molar-refractivity contribution is 5.95. The van der Waals surface area contributed by atoms with Crippen LogP contribution in [0.5, 0.6) is 0 Å². The number of aromatic amines is 1. The zero-order chi connectivity index (χ0) is 15.6. The second kappa shape index (κ2) is 5.67. The van der Waals surface area contributed by atoms with Crippen LogP contribution < -0.4 is 10.9 Å². The monoisotopic (exact) mass is 293 g/mol. The van der Waals surface area contributed by atoms with Crippen molar-refractivity contribution in [2.24, 2.45) is 5.41 Å². The van der Waals surface area contributed by atoms with E-state index in [2.05, 4.69) is 15.5 Å². The van der Waals surface area contributed by atoms with E-state index in [1.807, 2.05) is 0 Å². The fourth-order valence-electron chi connectivity index (χ4n) is 2.75. The number of nitrogens with zero attached hydrogens (tertiary/aromatic N) is 1. The lowest BCUT2D eigenvalue weighted by atomic mass is 9.86. The molecule has 3 N–H and O–H groups in total. The summed E-state index contributed by atoms with van der Waals surface area (Å²) in [4.78, 5) is 35.4. The molecule has 114 valence electrons. The summed E-state index contributed by atoms with van der Waals surface area (Å²) in [5.41, 5.74) is -0.397. The van der Waals surface area contributed by atoms with Crippen LogP contribution in [0.15, 0.2) is 4.79 Å². The molecule has 1 aliphatic carbocycles. The van der Waals surface area contributed by atoms with Crippen LogP contribution in [-0.4, -0.2) is 33.7 Å². The normalized spacial score (nSPS) is 16.7. The Morgan fingerprint density at radius 2 is 1.95 bits per heavy atom. The SMILES string of the molecule is Cc1n[nH]c(=O)c(C(=O)NCC2(C(=O)O)CCCC2)c1C. The molecule has 0 radical (unpaired) electrons. The van der Waals surface area contributed by atoms with Gasteiger partial charge in [0.05, 0.1) is 11.1 Å². The molecule has 21 heavy (non-hydrogen) atoms. The van der Waals surface area contributed by atoms with Crippen LogP contribution in [0.3, 0.4) is 0 Å². The van der Waals surface area contributed by atoms with Gasteiger partial charge in [-0.25, -0.2) is 5.10 Å². The molecule has 1 saturated carbocycles. The number of hydrogen-bond acceptors (Lipinski definition) is 4. The first-order valence-electron chi connectivity index (χ1n) is 6.95. The lowest BCUT2D eigenvalue weighted by molar-refractivity contribution is -0.148. The zero-order valence-electron chi connectivity index (χ0n) is 12.2. The Hall–Kier alpha value is -2.18. The average Bonchev–Trinajstić information content (AvgIpc) is 2.91. The van der Waals surface area contributed by atoms with Gasteiger partial charge in [0.15, 0.2) is 0 Å². The summed E-state index contributed by atoms with van der Waals surface area (Å²) in [6, 6.07) is 0. The Morgan fingerprint density at radius 1 is 1.33 bits per heavy atom. The predicted octanol–water partition coefficient (Wildman–Crippen LogP) is 0.762. The smallest absolute Gasteiger partial charge is 0.311 e. The first-order valence-corrected chi connectivity index (χ1v) is 6.95. The van der Waals surface area contributed by atoms with Gasteiger partial charge in [-0.15, -0.1) is 0 Å². The number of carboxylic acid groups (broad SMARTS) is 1. The molecule has 7 heteroatoms. The number of rotatable bonds is 4. The molecule has 1 aliphatic rings. The number of carbonyl (C=O) groups excluding carboxylic acids is 1. The van der Waals surface area contributed by atoms with Gasteiger partial charge < -0.3 is 10.4 Å². The average molecular weight is 293 g/mol. The van der Waals surface area contributed by atoms with Crippen molar-refractivity contribution in [2.75, 3.05) is 6.54 Å². The minimum Gasteiger partial charge on any atom is -0.481 e. The van der Waals surface area contributed by atoms with Gasteiger partial charge >= 0.3 is 5.97 Å². The van der Waals surface area contributed by atoms with Gasteiger partial charge in [-0.05, 0) is 32.3 Å². The highest BCUT2D eigenvalue weighted by Gasteiger charge is 2.41. The fourth-order valence-corrected chi connectivity index (χ4v) is 2.75. The van der Waals surface area contributed by atoms with Crippen LogP contribution in [0.4, 0.5) is 0 Å². The molecule has 1 heterocycles. The summed E-state index contributed by atoms with van der Waals surface area (Å²) in [7, 11) is 0. The number of H-pyrrole nitrogens is 1. The molecule has 1 amide bonds. The molecule has 0 aliphatic heterocycles. The fraction of sp³-hybridized carbons (Fsp3) is 0.571. The van der Waals surface area contributed by atoms with Crippen LogP contribution in [0.1, 0.15) is 47.3 Å². The topological polar surface area (TPSA) is 112 Å². The lowest BCUT2D eigenvalue weighted by Gasteiger charge is -2.24. The number of hydrogen-bond donors (Lipinski definition) is 3. The first-order chi connectivity index (χ1) is 9.87. The van der Waals surface area contributed by atoms with Gasteiger partial charge in [0.2, 0.25) is 0 Å². The van der Waals surface area contributed by atoms with E-state index in [1.165, 1.54) is 0 Å². The molecular formula is C14H19N3O4. The predicted molar refractivity (Wildman–Crippen MR) is 75.2 cm³/mol. The van der Waals surface area contributed by atoms with E-state index in [1.54, 1.807) is 13.8 Å². The van der Waals surface area contributed by atoms with Crippen molar-refractivity contribution >= 4 is 11.9 Å². The summed E-state index contributed by atoms with van der Waals surface area (Å²) in [5.74, 6) is -1.44. The second-order valence-corrected chi connectivity index (χ2v) is 5.61. The Morgan fingerprint density at radius 3 is 2.52 bits per heavy atom. The van der Waals surface area contributed by atoms with Crippen molar-refractivity contribution in [1.29, 1.82) is 0 Å². The summed E-state index contributed by atoms with van der Waals surface area (Å²) < 4.78 is 0. The van der Waals surface area contributed by atoms with E-state index >= 15 is 0 Å². The molecule has 0 unspecified atom stereocenters. The Kier molecular flexibility index (Phi) is 4.11. The molecule has 1 fully saturated rings. The van der Waals surface area contributed by atoms with Crippen LogP contribution in [0.2, 0.25) is 0 Å². The van der Waals surface area contributed by atoms with E-state index in [-0.39, 0.29) is 12.1 Å². The van der Waals surface area contributed by atoms with Crippen LogP contribution >= 0.6 is 0 Å². The van der Waals surface area contributed by atoms with Crippen LogP contribution in [0, 0.1) is 19.3 Å². The number of amides is 1. The van der Waals surface area contributed by atoms with Gasteiger partial charge in [0.25, 0.3) is 11.5 Å². The van der Waals surface area contributed by atoms with Crippen LogP contribution in [0.25, 0.3) is 0 Å². The molecule has 0 spiro atoms. The molecule has 0 saturated heterocycles. The van der Waals surface area contributed by atoms with Crippen LogP contribution in [-0.2, 0) is 4.79 Å². The van der Waals surface area contributed by atoms with Gasteiger partial charge in [-0.1, -0.05) is 12.8 Å². The lowest BCUT2D eigenvalue weighted by Crippen LogP contribution is -2.42. The molecule has 1 aromatic rings. The number of carboxylic acids is 1. The Bertz CT molecular complexity index is 630. The van der Waals surface area contributed by atoms with Gasteiger partial charge in [-0.3, -0.25) is 14.4 Å². The summed E-state index contributed by atoms with van der Waals surface area (Å²) in [6.07, 6.45) is 2.78. The summed E-state index contributed by atoms with van der Waals surface area (Å²) in [5, 5.41) is 18.0. The molecule has 0 atom stereocenters. The standard InChI is InChI=1S/C14H19N3O4/c1-8-9(2)16-17-12(19)10(8)11(18)15-7-14(13(20)21)5-3-4-6-14/h3-7H2,1-2H3,(H,15,18)(H,17,19)(H,20,21). The summed E-state index contributed by atoms with van der Waals surface area (Å²) in [6.45, 7) is 3.38. The van der Waals surface area contributed by atoms with Crippen molar-refractivity contribution < 1.29 is 14.7 Å². The maximum atomic E-state index is 12.2. The van der Waals surface area contributed by atoms with Crippen molar-refractivity contribution in [3.05, 3.63) is 27.2 Å². The summed E-state index contributed by atoms with van der Waals surface area (Å²) >= 11 is 0. The van der Waals surface area contributed by atoms with Gasteiger partial charge in [0, 0.05) is 6.54 Å². The van der Waals surface area contributed by atoms with Crippen molar-refractivity contribution in [1.82, 2.24) is 15.5 Å². The molecular weight excluding hydrogens is 274 g/mol. The number of carbonyl (C=O) groups is 2. The third kappa shape index (κ3) is 2.81. The maximum Gasteiger partial charge on any atom is 0.311 e. The zero-order valence-corrected chi connectivity index (χ0v) is 12.2. The molecule has 7 nitrogen and oxygen atoms in total. The third-order valence-corrected chi connectivity index (χ3v) is 4.30. The van der Waals surface area contributed by atoms with E-state index in [0.29, 0.717) is 24.1 Å². The highest BCUT2D eigenvalue weighted by atomic mass is 16.4. The number of nitrogens with one attached hydrogen (secondary N) is 2.